The number of nitrogens with zero attached hydrogens (tertiary/aromatic N) is 7. The van der Waals surface area contributed by atoms with Crippen LogP contribution in [-0.4, -0.2) is 53.4 Å². The minimum atomic E-state index is -0.442. The number of rotatable bonds is 4. The monoisotopic (exact) mass is 435 g/mol. The van der Waals surface area contributed by atoms with Crippen molar-refractivity contribution in [3.05, 3.63) is 64.0 Å². The summed E-state index contributed by atoms with van der Waals surface area (Å²) in [5.74, 6) is 2.16. The summed E-state index contributed by atoms with van der Waals surface area (Å²) in [6.45, 7) is 2.27. The molecule has 4 heterocycles. The van der Waals surface area contributed by atoms with E-state index in [2.05, 4.69) is 19.9 Å². The molecule has 1 atom stereocenters. The normalized spacial score (nSPS) is 18.8. The van der Waals surface area contributed by atoms with E-state index in [-0.39, 0.29) is 17.5 Å². The summed E-state index contributed by atoms with van der Waals surface area (Å²) in [6.07, 6.45) is 8.12. The van der Waals surface area contributed by atoms with Crippen LogP contribution in [-0.2, 0) is 13.0 Å². The Morgan fingerprint density at radius 2 is 1.88 bits per heavy atom. The molecule has 3 aromatic rings. The van der Waals surface area contributed by atoms with E-state index in [1.54, 1.807) is 29.1 Å². The van der Waals surface area contributed by atoms with E-state index in [4.69, 9.17) is 0 Å². The molecule has 2 aromatic heterocycles. The third kappa shape index (κ3) is 3.88. The van der Waals surface area contributed by atoms with Gasteiger partial charge in [0.05, 0.1) is 10.6 Å². The van der Waals surface area contributed by atoms with Crippen LogP contribution < -0.4 is 0 Å². The number of amides is 1. The number of aryl methyl sites for hydroxylation is 1. The fourth-order valence-corrected chi connectivity index (χ4v) is 4.65. The Morgan fingerprint density at radius 3 is 2.69 bits per heavy atom. The van der Waals surface area contributed by atoms with Gasteiger partial charge in [-0.05, 0) is 43.9 Å². The molecule has 0 radical (unpaired) electrons. The van der Waals surface area contributed by atoms with Crippen LogP contribution in [0.15, 0.2) is 36.5 Å². The Bertz CT molecular complexity index is 1130. The lowest BCUT2D eigenvalue weighted by Gasteiger charge is -2.32. The van der Waals surface area contributed by atoms with Gasteiger partial charge in [0, 0.05) is 50.3 Å². The number of hydrogen-bond acceptors (Lipinski definition) is 6. The van der Waals surface area contributed by atoms with Gasteiger partial charge < -0.3 is 9.47 Å². The van der Waals surface area contributed by atoms with Crippen molar-refractivity contribution in [1.82, 2.24) is 29.4 Å². The number of non-ortho nitro benzene ring substituents is 1. The molecule has 5 rings (SSSR count). The minimum Gasteiger partial charge on any atom is -0.337 e. The summed E-state index contributed by atoms with van der Waals surface area (Å²) in [4.78, 5) is 25.4. The standard InChI is InChI=1S/C22H25N7O3/c30-22(19-11-14-28(25-19)17-7-9-18(10-8-17)29(31)32)26-12-4-5-16(15-26)21-24-23-20-6-2-1-3-13-27(20)21/h7-11,14,16H,1-6,12-13,15H2. The SMILES string of the molecule is O=C(c1ccn(-c2ccc([N+](=O)[O-])cc2)n1)N1CCCC(c2nnc3n2CCCCC3)C1. The Kier molecular flexibility index (Phi) is 5.42. The number of nitro benzene ring substituents is 1. The fourth-order valence-electron chi connectivity index (χ4n) is 4.65. The molecule has 2 aliphatic rings. The molecule has 1 saturated heterocycles. The largest absolute Gasteiger partial charge is 0.337 e. The Labute approximate surface area is 185 Å². The predicted molar refractivity (Wildman–Crippen MR) is 116 cm³/mol. The number of hydrogen-bond donors (Lipinski definition) is 0. The van der Waals surface area contributed by atoms with E-state index in [1.165, 1.54) is 18.6 Å². The quantitative estimate of drug-likeness (QED) is 0.460. The average molecular weight is 435 g/mol. The van der Waals surface area contributed by atoms with Crippen LogP contribution in [0.4, 0.5) is 5.69 Å². The highest BCUT2D eigenvalue weighted by molar-refractivity contribution is 5.92. The van der Waals surface area contributed by atoms with E-state index in [0.29, 0.717) is 24.5 Å². The number of carbonyl (C=O) groups is 1. The first-order valence-electron chi connectivity index (χ1n) is 11.1. The molecule has 1 unspecified atom stereocenters. The Balaban J connectivity index is 1.31. The van der Waals surface area contributed by atoms with E-state index in [1.807, 2.05) is 4.90 Å². The molecule has 166 valence electrons. The maximum Gasteiger partial charge on any atom is 0.274 e. The third-order valence-corrected chi connectivity index (χ3v) is 6.35. The van der Waals surface area contributed by atoms with Crippen molar-refractivity contribution in [3.8, 4) is 5.69 Å². The molecule has 32 heavy (non-hydrogen) atoms. The zero-order valence-corrected chi connectivity index (χ0v) is 17.8. The molecule has 0 saturated carbocycles. The molecule has 10 nitrogen and oxygen atoms in total. The highest BCUT2D eigenvalue weighted by Crippen LogP contribution is 2.28. The molecular weight excluding hydrogens is 410 g/mol. The van der Waals surface area contributed by atoms with E-state index in [0.717, 1.165) is 50.3 Å². The van der Waals surface area contributed by atoms with Crippen LogP contribution in [0.1, 0.15) is 60.2 Å². The van der Waals surface area contributed by atoms with Gasteiger partial charge in [-0.3, -0.25) is 14.9 Å². The molecule has 2 aliphatic heterocycles. The number of fused-ring (bicyclic) bond motifs is 1. The number of piperidine rings is 1. The first-order chi connectivity index (χ1) is 15.6. The van der Waals surface area contributed by atoms with Crippen LogP contribution in [0.3, 0.4) is 0 Å². The molecule has 0 spiro atoms. The van der Waals surface area contributed by atoms with Crippen molar-refractivity contribution in [2.45, 2.75) is 51.0 Å². The topological polar surface area (TPSA) is 112 Å². The number of carbonyl (C=O) groups excluding carboxylic acids is 1. The first-order valence-corrected chi connectivity index (χ1v) is 11.1. The maximum atomic E-state index is 13.2. The van der Waals surface area contributed by atoms with Crippen molar-refractivity contribution in [2.24, 2.45) is 0 Å². The van der Waals surface area contributed by atoms with Gasteiger partial charge in [0.25, 0.3) is 11.6 Å². The molecule has 0 aliphatic carbocycles. The predicted octanol–water partition coefficient (Wildman–Crippen LogP) is 3.12. The molecule has 10 heteroatoms. The van der Waals surface area contributed by atoms with Crippen LogP contribution in [0.2, 0.25) is 0 Å². The second-order valence-electron chi connectivity index (χ2n) is 8.45. The molecule has 1 amide bonds. The summed E-state index contributed by atoms with van der Waals surface area (Å²) in [6, 6.07) is 7.78. The van der Waals surface area contributed by atoms with Crippen LogP contribution in [0.25, 0.3) is 5.69 Å². The van der Waals surface area contributed by atoms with Crippen molar-refractivity contribution >= 4 is 11.6 Å². The number of nitro groups is 1. The zero-order chi connectivity index (χ0) is 22.1. The second-order valence-corrected chi connectivity index (χ2v) is 8.45. The minimum absolute atomic E-state index is 0.0166. The lowest BCUT2D eigenvalue weighted by Crippen LogP contribution is -2.40. The van der Waals surface area contributed by atoms with Gasteiger partial charge in [0.15, 0.2) is 5.69 Å². The molecular formula is C22H25N7O3. The average Bonchev–Trinajstić information content (AvgIpc) is 3.41. The zero-order valence-electron chi connectivity index (χ0n) is 17.8. The smallest absolute Gasteiger partial charge is 0.274 e. The summed E-state index contributed by atoms with van der Waals surface area (Å²) in [7, 11) is 0. The highest BCUT2D eigenvalue weighted by atomic mass is 16.6. The third-order valence-electron chi connectivity index (χ3n) is 6.35. The van der Waals surface area contributed by atoms with Crippen LogP contribution >= 0.6 is 0 Å². The van der Waals surface area contributed by atoms with Crippen molar-refractivity contribution in [1.29, 1.82) is 0 Å². The molecule has 1 aromatic carbocycles. The van der Waals surface area contributed by atoms with E-state index < -0.39 is 4.92 Å². The van der Waals surface area contributed by atoms with Gasteiger partial charge >= 0.3 is 0 Å². The summed E-state index contributed by atoms with van der Waals surface area (Å²) >= 11 is 0. The number of likely N-dealkylation sites (tertiary alicyclic amines) is 1. The molecule has 1 fully saturated rings. The first kappa shape index (κ1) is 20.3. The summed E-state index contributed by atoms with van der Waals surface area (Å²) < 4.78 is 3.84. The van der Waals surface area contributed by atoms with Crippen LogP contribution in [0.5, 0.6) is 0 Å². The Morgan fingerprint density at radius 1 is 1.03 bits per heavy atom. The molecule has 0 N–H and O–H groups in total. The lowest BCUT2D eigenvalue weighted by atomic mass is 9.96. The van der Waals surface area contributed by atoms with Gasteiger partial charge in [-0.2, -0.15) is 5.10 Å². The second kappa shape index (κ2) is 8.52. The van der Waals surface area contributed by atoms with Gasteiger partial charge in [0.2, 0.25) is 0 Å². The van der Waals surface area contributed by atoms with Gasteiger partial charge in [-0.1, -0.05) is 6.42 Å². The van der Waals surface area contributed by atoms with Crippen molar-refractivity contribution < 1.29 is 9.72 Å². The summed E-state index contributed by atoms with van der Waals surface area (Å²) in [5.41, 5.74) is 1.05. The van der Waals surface area contributed by atoms with Crippen LogP contribution in [0, 0.1) is 10.1 Å². The number of benzene rings is 1. The van der Waals surface area contributed by atoms with E-state index in [9.17, 15) is 14.9 Å². The molecule has 0 bridgehead atoms. The van der Waals surface area contributed by atoms with Gasteiger partial charge in [0.1, 0.15) is 11.6 Å². The van der Waals surface area contributed by atoms with Gasteiger partial charge in [-0.25, -0.2) is 4.68 Å². The maximum absolute atomic E-state index is 13.2. The highest BCUT2D eigenvalue weighted by Gasteiger charge is 2.30. The van der Waals surface area contributed by atoms with Gasteiger partial charge in [-0.15, -0.1) is 10.2 Å². The lowest BCUT2D eigenvalue weighted by molar-refractivity contribution is -0.384. The van der Waals surface area contributed by atoms with Crippen molar-refractivity contribution in [2.75, 3.05) is 13.1 Å². The fraction of sp³-hybridized carbons (Fsp3) is 0.455. The Hall–Kier alpha value is -3.56. The van der Waals surface area contributed by atoms with E-state index >= 15 is 0 Å². The summed E-state index contributed by atoms with van der Waals surface area (Å²) in [5, 5.41) is 24.2. The van der Waals surface area contributed by atoms with Crippen molar-refractivity contribution in [3.63, 3.8) is 0 Å². The number of aromatic nitrogens is 5.